The highest BCUT2D eigenvalue weighted by atomic mass is 16.5. The van der Waals surface area contributed by atoms with Crippen molar-refractivity contribution < 1.29 is 24.5 Å². The van der Waals surface area contributed by atoms with Crippen LogP contribution in [0.3, 0.4) is 0 Å². The SMILES string of the molecule is O=C(c1ccc(Oc2cccc(C(=O)c3cccc(O)c3)c2)cc1)c1cccc(O)c1. The van der Waals surface area contributed by atoms with Gasteiger partial charge in [0.2, 0.25) is 0 Å². The van der Waals surface area contributed by atoms with Crippen molar-refractivity contribution in [2.75, 3.05) is 0 Å². The molecular formula is C26H18O5. The molecule has 0 aliphatic rings. The van der Waals surface area contributed by atoms with Crippen molar-refractivity contribution in [3.8, 4) is 23.0 Å². The van der Waals surface area contributed by atoms with E-state index in [0.29, 0.717) is 33.8 Å². The lowest BCUT2D eigenvalue weighted by Gasteiger charge is -2.09. The molecule has 0 radical (unpaired) electrons. The van der Waals surface area contributed by atoms with E-state index in [1.807, 2.05) is 0 Å². The van der Waals surface area contributed by atoms with Crippen molar-refractivity contribution in [1.82, 2.24) is 0 Å². The summed E-state index contributed by atoms with van der Waals surface area (Å²) in [6.45, 7) is 0. The number of hydrogen-bond acceptors (Lipinski definition) is 5. The molecule has 0 aliphatic carbocycles. The number of ether oxygens (including phenoxy) is 1. The quantitative estimate of drug-likeness (QED) is 0.419. The monoisotopic (exact) mass is 410 g/mol. The molecule has 0 saturated carbocycles. The molecule has 4 aromatic carbocycles. The number of aromatic hydroxyl groups is 2. The summed E-state index contributed by atoms with van der Waals surface area (Å²) < 4.78 is 5.84. The van der Waals surface area contributed by atoms with Crippen LogP contribution in [-0.2, 0) is 0 Å². The number of rotatable bonds is 6. The maximum atomic E-state index is 12.7. The summed E-state index contributed by atoms with van der Waals surface area (Å²) in [5.74, 6) is 0.603. The molecule has 5 nitrogen and oxygen atoms in total. The highest BCUT2D eigenvalue weighted by molar-refractivity contribution is 6.10. The van der Waals surface area contributed by atoms with E-state index < -0.39 is 0 Å². The molecule has 4 rings (SSSR count). The maximum Gasteiger partial charge on any atom is 0.193 e. The van der Waals surface area contributed by atoms with E-state index in [1.165, 1.54) is 24.3 Å². The van der Waals surface area contributed by atoms with Gasteiger partial charge in [-0.3, -0.25) is 9.59 Å². The Kier molecular flexibility index (Phi) is 5.49. The summed E-state index contributed by atoms with van der Waals surface area (Å²) in [5, 5.41) is 19.1. The third kappa shape index (κ3) is 4.62. The van der Waals surface area contributed by atoms with Gasteiger partial charge in [-0.25, -0.2) is 0 Å². The van der Waals surface area contributed by atoms with Gasteiger partial charge in [-0.15, -0.1) is 0 Å². The molecule has 5 heteroatoms. The number of carbonyl (C=O) groups excluding carboxylic acids is 2. The van der Waals surface area contributed by atoms with Gasteiger partial charge >= 0.3 is 0 Å². The first-order valence-electron chi connectivity index (χ1n) is 9.55. The molecule has 0 spiro atoms. The Morgan fingerprint density at radius 1 is 0.516 bits per heavy atom. The fraction of sp³-hybridized carbons (Fsp3) is 0. The van der Waals surface area contributed by atoms with Crippen molar-refractivity contribution in [1.29, 1.82) is 0 Å². The molecule has 0 fully saturated rings. The van der Waals surface area contributed by atoms with E-state index in [2.05, 4.69) is 0 Å². The normalized spacial score (nSPS) is 10.5. The average Bonchev–Trinajstić information content (AvgIpc) is 2.79. The molecule has 0 amide bonds. The predicted molar refractivity (Wildman–Crippen MR) is 116 cm³/mol. The summed E-state index contributed by atoms with van der Waals surface area (Å²) in [7, 11) is 0. The second-order valence-electron chi connectivity index (χ2n) is 6.91. The van der Waals surface area contributed by atoms with Crippen LogP contribution in [0.15, 0.2) is 97.1 Å². The number of benzene rings is 4. The van der Waals surface area contributed by atoms with Crippen LogP contribution in [0.4, 0.5) is 0 Å². The van der Waals surface area contributed by atoms with E-state index in [0.717, 1.165) is 0 Å². The van der Waals surface area contributed by atoms with Crippen molar-refractivity contribution in [3.63, 3.8) is 0 Å². The lowest BCUT2D eigenvalue weighted by atomic mass is 10.0. The van der Waals surface area contributed by atoms with Gasteiger partial charge in [0.25, 0.3) is 0 Å². The van der Waals surface area contributed by atoms with E-state index in [4.69, 9.17) is 4.74 Å². The summed E-state index contributed by atoms with van der Waals surface area (Å²) >= 11 is 0. The number of ketones is 2. The minimum atomic E-state index is -0.228. The van der Waals surface area contributed by atoms with Crippen molar-refractivity contribution in [2.45, 2.75) is 0 Å². The first-order valence-corrected chi connectivity index (χ1v) is 9.55. The topological polar surface area (TPSA) is 83.8 Å². The van der Waals surface area contributed by atoms with Gasteiger partial charge in [-0.2, -0.15) is 0 Å². The van der Waals surface area contributed by atoms with E-state index in [9.17, 15) is 19.8 Å². The summed E-state index contributed by atoms with van der Waals surface area (Å²) in [4.78, 5) is 25.2. The molecule has 0 aliphatic heterocycles. The molecule has 31 heavy (non-hydrogen) atoms. The van der Waals surface area contributed by atoms with Gasteiger partial charge in [-0.1, -0.05) is 36.4 Å². The molecule has 152 valence electrons. The number of carbonyl (C=O) groups is 2. The number of hydrogen-bond donors (Lipinski definition) is 2. The number of phenolic OH excluding ortho intramolecular Hbond substituents is 2. The minimum absolute atomic E-state index is 0.0265. The minimum Gasteiger partial charge on any atom is -0.508 e. The molecule has 0 heterocycles. The largest absolute Gasteiger partial charge is 0.508 e. The third-order valence-electron chi connectivity index (χ3n) is 4.67. The van der Waals surface area contributed by atoms with Gasteiger partial charge in [-0.05, 0) is 60.7 Å². The molecule has 0 aromatic heterocycles. The average molecular weight is 410 g/mol. The molecule has 0 atom stereocenters. The fourth-order valence-electron chi connectivity index (χ4n) is 3.14. The number of phenols is 2. The van der Waals surface area contributed by atoms with Crippen LogP contribution in [0.25, 0.3) is 0 Å². The van der Waals surface area contributed by atoms with Crippen molar-refractivity contribution in [2.24, 2.45) is 0 Å². The molecule has 0 bridgehead atoms. The lowest BCUT2D eigenvalue weighted by Crippen LogP contribution is -2.01. The molecule has 0 unspecified atom stereocenters. The molecule has 4 aromatic rings. The Balaban J connectivity index is 1.50. The van der Waals surface area contributed by atoms with Crippen LogP contribution >= 0.6 is 0 Å². The predicted octanol–water partition coefficient (Wildman–Crippen LogP) is 5.35. The van der Waals surface area contributed by atoms with Crippen LogP contribution < -0.4 is 4.74 Å². The maximum absolute atomic E-state index is 12.7. The highest BCUT2D eigenvalue weighted by Gasteiger charge is 2.12. The Hall–Kier alpha value is -4.38. The third-order valence-corrected chi connectivity index (χ3v) is 4.67. The van der Waals surface area contributed by atoms with Gasteiger partial charge in [0.15, 0.2) is 11.6 Å². The standard InChI is InChI=1S/C26H18O5/c27-21-7-1-4-18(14-21)25(29)17-10-12-23(13-11-17)31-24-9-3-6-20(16-24)26(30)19-5-2-8-22(28)15-19/h1-16,27-28H. The Labute approximate surface area is 178 Å². The van der Waals surface area contributed by atoms with Gasteiger partial charge in [0.1, 0.15) is 23.0 Å². The smallest absolute Gasteiger partial charge is 0.193 e. The second-order valence-corrected chi connectivity index (χ2v) is 6.91. The summed E-state index contributed by atoms with van der Waals surface area (Å²) in [6.07, 6.45) is 0. The molecular weight excluding hydrogens is 392 g/mol. The van der Waals surface area contributed by atoms with Crippen LogP contribution in [0.5, 0.6) is 23.0 Å². The fourth-order valence-corrected chi connectivity index (χ4v) is 3.14. The highest BCUT2D eigenvalue weighted by Crippen LogP contribution is 2.25. The zero-order chi connectivity index (χ0) is 21.8. The van der Waals surface area contributed by atoms with E-state index >= 15 is 0 Å². The van der Waals surface area contributed by atoms with Crippen LogP contribution in [0.2, 0.25) is 0 Å². The van der Waals surface area contributed by atoms with Crippen LogP contribution in [0.1, 0.15) is 31.8 Å². The lowest BCUT2D eigenvalue weighted by molar-refractivity contribution is 0.103. The zero-order valence-electron chi connectivity index (χ0n) is 16.4. The zero-order valence-corrected chi connectivity index (χ0v) is 16.4. The van der Waals surface area contributed by atoms with Gasteiger partial charge in [0.05, 0.1) is 0 Å². The summed E-state index contributed by atoms with van der Waals surface area (Å²) in [5.41, 5.74) is 1.67. The first-order chi connectivity index (χ1) is 15.0. The van der Waals surface area contributed by atoms with Gasteiger partial charge < -0.3 is 14.9 Å². The molecule has 0 saturated heterocycles. The first kappa shape index (κ1) is 19.9. The van der Waals surface area contributed by atoms with E-state index in [-0.39, 0.29) is 23.1 Å². The van der Waals surface area contributed by atoms with E-state index in [1.54, 1.807) is 72.8 Å². The van der Waals surface area contributed by atoms with Crippen LogP contribution in [0, 0.1) is 0 Å². The Morgan fingerprint density at radius 3 is 1.55 bits per heavy atom. The van der Waals surface area contributed by atoms with Crippen molar-refractivity contribution in [3.05, 3.63) is 119 Å². The second kappa shape index (κ2) is 8.55. The Morgan fingerprint density at radius 2 is 1.00 bits per heavy atom. The van der Waals surface area contributed by atoms with Gasteiger partial charge in [0, 0.05) is 22.3 Å². The van der Waals surface area contributed by atoms with Crippen molar-refractivity contribution >= 4 is 11.6 Å². The van der Waals surface area contributed by atoms with Crippen LogP contribution in [-0.4, -0.2) is 21.8 Å². The molecule has 2 N–H and O–H groups in total. The Bertz CT molecular complexity index is 1260. The summed E-state index contributed by atoms with van der Waals surface area (Å²) in [6, 6.07) is 25.7.